The summed E-state index contributed by atoms with van der Waals surface area (Å²) < 4.78 is 33.7. The lowest BCUT2D eigenvalue weighted by molar-refractivity contribution is 0.360. The lowest BCUT2D eigenvalue weighted by atomic mass is 10.2. The molecule has 1 aliphatic heterocycles. The molecular formula is C14H24ClFIN3O2S. The van der Waals surface area contributed by atoms with Crippen LogP contribution in [0.25, 0.3) is 0 Å². The Morgan fingerprint density at radius 3 is 2.26 bits per heavy atom. The fourth-order valence-corrected chi connectivity index (χ4v) is 3.51. The maximum absolute atomic E-state index is 11.0. The van der Waals surface area contributed by atoms with Crippen molar-refractivity contribution in [3.8, 4) is 0 Å². The normalized spacial score (nSPS) is 15.8. The van der Waals surface area contributed by atoms with Gasteiger partial charge in [-0.3, -0.25) is 10.2 Å². The zero-order valence-corrected chi connectivity index (χ0v) is 17.3. The molecule has 0 spiro atoms. The molecule has 3 N–H and O–H groups in total. The van der Waals surface area contributed by atoms with Crippen molar-refractivity contribution in [2.24, 2.45) is 5.84 Å². The Kier molecular flexibility index (Phi) is 11.3. The van der Waals surface area contributed by atoms with E-state index in [2.05, 4.69) is 28.0 Å². The lowest BCUT2D eigenvalue weighted by Crippen LogP contribution is -2.37. The molecule has 134 valence electrons. The summed E-state index contributed by atoms with van der Waals surface area (Å²) in [5.41, 5.74) is 4.51. The molecule has 2 rings (SSSR count). The van der Waals surface area contributed by atoms with Gasteiger partial charge in [-0.05, 0) is 37.5 Å². The molecule has 0 atom stereocenters. The number of hydrogen-bond acceptors (Lipinski definition) is 4. The average molecular weight is 480 g/mol. The van der Waals surface area contributed by atoms with Gasteiger partial charge in [-0.25, -0.2) is 12.7 Å². The number of sulfonamides is 1. The zero-order valence-electron chi connectivity index (χ0n) is 13.5. The Hall–Kier alpha value is -0.160. The SMILES string of the molecule is CF.CS(=O)(=O)N1CCC(I)CC1.Cc1ccc(Cl)cc1NN. The Labute approximate surface area is 156 Å². The number of aryl methyl sites for hydroxylation is 1. The van der Waals surface area contributed by atoms with Crippen LogP contribution in [-0.2, 0) is 10.0 Å². The number of halogens is 3. The van der Waals surface area contributed by atoms with Crippen LogP contribution in [0, 0.1) is 6.92 Å². The van der Waals surface area contributed by atoms with Gasteiger partial charge >= 0.3 is 0 Å². The van der Waals surface area contributed by atoms with Crippen LogP contribution in [0.1, 0.15) is 18.4 Å². The second-order valence-corrected chi connectivity index (χ2v) is 9.12. The van der Waals surface area contributed by atoms with Gasteiger partial charge < -0.3 is 5.43 Å². The van der Waals surface area contributed by atoms with Crippen molar-refractivity contribution in [2.75, 3.05) is 31.9 Å². The predicted octanol–water partition coefficient (Wildman–Crippen LogP) is 3.37. The highest BCUT2D eigenvalue weighted by Crippen LogP contribution is 2.19. The van der Waals surface area contributed by atoms with Crippen molar-refractivity contribution in [1.29, 1.82) is 0 Å². The Bertz CT molecular complexity index is 567. The first-order valence-corrected chi connectivity index (χ1v) is 10.4. The van der Waals surface area contributed by atoms with Crippen LogP contribution in [0.15, 0.2) is 18.2 Å². The molecule has 1 saturated heterocycles. The van der Waals surface area contributed by atoms with Crippen LogP contribution >= 0.6 is 34.2 Å². The zero-order chi connectivity index (χ0) is 18.0. The van der Waals surface area contributed by atoms with E-state index in [0.717, 1.165) is 24.1 Å². The van der Waals surface area contributed by atoms with Crippen molar-refractivity contribution < 1.29 is 12.8 Å². The van der Waals surface area contributed by atoms with E-state index in [1.165, 1.54) is 6.26 Å². The number of nitrogens with two attached hydrogens (primary N) is 1. The molecule has 0 bridgehead atoms. The third-order valence-electron chi connectivity index (χ3n) is 3.21. The molecule has 1 aromatic carbocycles. The summed E-state index contributed by atoms with van der Waals surface area (Å²) in [5, 5.41) is 0.693. The molecule has 23 heavy (non-hydrogen) atoms. The molecule has 0 amide bonds. The fraction of sp³-hybridized carbons (Fsp3) is 0.571. The van der Waals surface area contributed by atoms with Gasteiger partial charge in [0.1, 0.15) is 0 Å². The van der Waals surface area contributed by atoms with Gasteiger partial charge in [0.15, 0.2) is 0 Å². The summed E-state index contributed by atoms with van der Waals surface area (Å²) in [5.74, 6) is 5.21. The number of piperidine rings is 1. The van der Waals surface area contributed by atoms with Crippen molar-refractivity contribution >= 4 is 49.9 Å². The summed E-state index contributed by atoms with van der Waals surface area (Å²) >= 11 is 8.07. The monoisotopic (exact) mass is 479 g/mol. The number of nitrogens with one attached hydrogen (secondary N) is 1. The molecule has 5 nitrogen and oxygen atoms in total. The standard InChI is InChI=1S/C7H9ClN2.C6H12INO2S.CH3F/c1-5-2-3-6(8)4-7(5)10-9;1-11(9,10)8-4-2-6(7)3-5-8;1-2/h2-4,10H,9H2,1H3;6H,2-5H2,1H3;1H3. The molecular weight excluding hydrogens is 456 g/mol. The molecule has 0 saturated carbocycles. The van der Waals surface area contributed by atoms with E-state index in [9.17, 15) is 12.8 Å². The van der Waals surface area contributed by atoms with Crippen LogP contribution in [0.5, 0.6) is 0 Å². The fourth-order valence-electron chi connectivity index (χ4n) is 1.91. The van der Waals surface area contributed by atoms with Crippen molar-refractivity contribution in [2.45, 2.75) is 23.7 Å². The van der Waals surface area contributed by atoms with Crippen LogP contribution in [0.3, 0.4) is 0 Å². The average Bonchev–Trinajstić information content (AvgIpc) is 2.52. The van der Waals surface area contributed by atoms with E-state index in [4.69, 9.17) is 17.4 Å². The number of nitrogen functional groups attached to an aromatic ring is 1. The number of nitrogens with zero attached hydrogens (tertiary/aromatic N) is 1. The molecule has 1 heterocycles. The first-order chi connectivity index (χ1) is 10.7. The molecule has 1 aromatic rings. The number of hydrogen-bond donors (Lipinski definition) is 2. The van der Waals surface area contributed by atoms with Gasteiger partial charge in [0.25, 0.3) is 0 Å². The summed E-state index contributed by atoms with van der Waals surface area (Å²) in [7, 11) is -2.42. The molecule has 1 aliphatic rings. The second kappa shape index (κ2) is 11.4. The third-order valence-corrected chi connectivity index (χ3v) is 5.99. The van der Waals surface area contributed by atoms with Crippen LogP contribution in [0.4, 0.5) is 10.1 Å². The van der Waals surface area contributed by atoms with Crippen molar-refractivity contribution in [3.05, 3.63) is 28.8 Å². The summed E-state index contributed by atoms with van der Waals surface area (Å²) in [6.45, 7) is 3.37. The van der Waals surface area contributed by atoms with E-state index in [1.54, 1.807) is 10.4 Å². The van der Waals surface area contributed by atoms with E-state index >= 15 is 0 Å². The number of anilines is 1. The van der Waals surface area contributed by atoms with E-state index < -0.39 is 10.0 Å². The maximum Gasteiger partial charge on any atom is 0.211 e. The third kappa shape index (κ3) is 9.04. The van der Waals surface area contributed by atoms with Gasteiger partial charge in [-0.1, -0.05) is 40.3 Å². The maximum atomic E-state index is 11.0. The molecule has 1 fully saturated rings. The minimum Gasteiger partial charge on any atom is -0.324 e. The van der Waals surface area contributed by atoms with E-state index in [1.807, 2.05) is 19.1 Å². The van der Waals surface area contributed by atoms with E-state index in [0.29, 0.717) is 29.2 Å². The molecule has 0 aliphatic carbocycles. The highest BCUT2D eigenvalue weighted by Gasteiger charge is 2.22. The minimum atomic E-state index is -2.92. The van der Waals surface area contributed by atoms with Gasteiger partial charge in [-0.15, -0.1) is 0 Å². The van der Waals surface area contributed by atoms with Crippen LogP contribution in [0.2, 0.25) is 5.02 Å². The predicted molar refractivity (Wildman–Crippen MR) is 104 cm³/mol. The van der Waals surface area contributed by atoms with Gasteiger partial charge in [0, 0.05) is 22.0 Å². The Morgan fingerprint density at radius 2 is 1.87 bits per heavy atom. The lowest BCUT2D eigenvalue weighted by Gasteiger charge is -2.27. The molecule has 0 radical (unpaired) electrons. The van der Waals surface area contributed by atoms with Gasteiger partial charge in [-0.2, -0.15) is 0 Å². The van der Waals surface area contributed by atoms with Crippen LogP contribution < -0.4 is 11.3 Å². The molecule has 0 aromatic heterocycles. The Morgan fingerprint density at radius 1 is 1.35 bits per heavy atom. The molecule has 9 heteroatoms. The number of rotatable bonds is 2. The highest BCUT2D eigenvalue weighted by atomic mass is 127. The second-order valence-electron chi connectivity index (χ2n) is 4.94. The first-order valence-electron chi connectivity index (χ1n) is 6.93. The number of hydrazine groups is 1. The Balaban J connectivity index is 0.000000381. The molecule has 0 unspecified atom stereocenters. The van der Waals surface area contributed by atoms with Gasteiger partial charge in [0.05, 0.1) is 19.1 Å². The number of benzene rings is 1. The summed E-state index contributed by atoms with van der Waals surface area (Å²) in [6, 6.07) is 5.53. The minimum absolute atomic E-state index is 0.500. The largest absolute Gasteiger partial charge is 0.324 e. The summed E-state index contributed by atoms with van der Waals surface area (Å²) in [4.78, 5) is 0. The first kappa shape index (κ1) is 22.8. The quantitative estimate of drug-likeness (QED) is 0.295. The summed E-state index contributed by atoms with van der Waals surface area (Å²) in [6.07, 6.45) is 3.27. The van der Waals surface area contributed by atoms with Gasteiger partial charge in [0.2, 0.25) is 10.0 Å². The van der Waals surface area contributed by atoms with Crippen molar-refractivity contribution in [3.63, 3.8) is 0 Å². The highest BCUT2D eigenvalue weighted by molar-refractivity contribution is 14.1. The van der Waals surface area contributed by atoms with Crippen molar-refractivity contribution in [1.82, 2.24) is 4.31 Å². The van der Waals surface area contributed by atoms with E-state index in [-0.39, 0.29) is 0 Å². The topological polar surface area (TPSA) is 75.4 Å². The smallest absolute Gasteiger partial charge is 0.211 e. The van der Waals surface area contributed by atoms with Crippen LogP contribution in [-0.4, -0.2) is 43.2 Å². The number of alkyl halides is 2.